The van der Waals surface area contributed by atoms with E-state index < -0.39 is 16.2 Å². The third kappa shape index (κ3) is 3.25. The number of fused-ring (bicyclic) bond motifs is 7. The molecule has 3 fully saturated rings. The summed E-state index contributed by atoms with van der Waals surface area (Å²) >= 11 is 0. The number of Topliss-reactive ketones (excluding diaryl/α,β-unsaturated/α-hetero) is 1. The number of methoxy groups -OCH3 is 1. The Morgan fingerprint density at radius 1 is 1.00 bits per heavy atom. The fraction of sp³-hybridized carbons (Fsp3) is 0.750. The minimum atomic E-state index is -0.650. The zero-order chi connectivity index (χ0) is 29.1. The van der Waals surface area contributed by atoms with E-state index in [4.69, 9.17) is 4.74 Å². The second kappa shape index (κ2) is 8.22. The first-order valence-corrected chi connectivity index (χ1v) is 14.9. The Bertz CT molecular complexity index is 1360. The van der Waals surface area contributed by atoms with Gasteiger partial charge in [0.05, 0.1) is 18.1 Å². The summed E-state index contributed by atoms with van der Waals surface area (Å²) in [5, 5.41) is 14.5. The van der Waals surface area contributed by atoms with E-state index in [2.05, 4.69) is 55.2 Å². The van der Waals surface area contributed by atoms with Crippen LogP contribution in [-0.2, 0) is 19.1 Å². The van der Waals surface area contributed by atoms with Crippen molar-refractivity contribution in [1.29, 1.82) is 0 Å². The Kier molecular flexibility index (Phi) is 5.66. The van der Waals surface area contributed by atoms with Gasteiger partial charge in [-0.15, -0.1) is 10.2 Å². The number of carbonyl (C=O) groups excluding carboxylic acids is 3. The van der Waals surface area contributed by atoms with Gasteiger partial charge in [0.2, 0.25) is 5.82 Å². The standard InChI is InChI=1S/C32H44N4O4/c1-27(2)11-13-32(26(39)40-8)14-12-31(7)23(19(32)17-27)20(37)15-22-29(5)16-18(25-33-35-36-34-25)24(38)28(3,4)21(29)9-10-30(22,31)6/h15-16,19,21,23H,9-14,17H2,1-8H3,(H,33,34,35,36)/t19-,21?,23-,29-,30+,31+,32-/m0/s1. The molecule has 0 bridgehead atoms. The van der Waals surface area contributed by atoms with Crippen LogP contribution >= 0.6 is 0 Å². The Hall–Kier alpha value is -2.64. The predicted molar refractivity (Wildman–Crippen MR) is 149 cm³/mol. The summed E-state index contributed by atoms with van der Waals surface area (Å²) in [6.45, 7) is 15.5. The highest BCUT2D eigenvalue weighted by molar-refractivity contribution is 6.23. The van der Waals surface area contributed by atoms with Crippen LogP contribution in [0.4, 0.5) is 0 Å². The van der Waals surface area contributed by atoms with Gasteiger partial charge in [-0.1, -0.05) is 60.1 Å². The molecule has 1 N–H and O–H groups in total. The van der Waals surface area contributed by atoms with E-state index in [9.17, 15) is 14.4 Å². The number of carbonyl (C=O) groups is 3. The normalized spacial score (nSPS) is 43.4. The van der Waals surface area contributed by atoms with Crippen molar-refractivity contribution in [3.8, 4) is 0 Å². The molecule has 7 atom stereocenters. The summed E-state index contributed by atoms with van der Waals surface area (Å²) < 4.78 is 5.44. The van der Waals surface area contributed by atoms with Crippen molar-refractivity contribution in [2.75, 3.05) is 7.11 Å². The third-order valence-electron chi connectivity index (χ3n) is 12.9. The molecule has 0 saturated heterocycles. The first-order chi connectivity index (χ1) is 18.6. The van der Waals surface area contributed by atoms with Gasteiger partial charge in [0.25, 0.3) is 0 Å². The van der Waals surface area contributed by atoms with E-state index in [-0.39, 0.29) is 51.5 Å². The minimum Gasteiger partial charge on any atom is -0.469 e. The number of ketones is 2. The summed E-state index contributed by atoms with van der Waals surface area (Å²) in [7, 11) is 1.49. The third-order valence-corrected chi connectivity index (χ3v) is 12.9. The Morgan fingerprint density at radius 2 is 1.70 bits per heavy atom. The fourth-order valence-electron chi connectivity index (χ4n) is 10.6. The smallest absolute Gasteiger partial charge is 0.312 e. The summed E-state index contributed by atoms with van der Waals surface area (Å²) in [5.74, 6) is 0.0772. The molecule has 1 heterocycles. The van der Waals surface area contributed by atoms with Crippen molar-refractivity contribution < 1.29 is 19.1 Å². The van der Waals surface area contributed by atoms with Gasteiger partial charge in [-0.25, -0.2) is 0 Å². The van der Waals surface area contributed by atoms with Gasteiger partial charge in [-0.2, -0.15) is 5.21 Å². The largest absolute Gasteiger partial charge is 0.469 e. The number of allylic oxidation sites excluding steroid dienone is 4. The van der Waals surface area contributed by atoms with Gasteiger partial charge in [0.1, 0.15) is 0 Å². The molecule has 8 nitrogen and oxygen atoms in total. The number of rotatable bonds is 2. The highest BCUT2D eigenvalue weighted by Gasteiger charge is 2.71. The first-order valence-electron chi connectivity index (χ1n) is 14.9. The SMILES string of the molecule is COC(=O)[C@]12CCC(C)(C)C[C@H]1[C@H]1C(=O)C=C3[C@@]4(C)C=C(c5nn[nH]n5)C(=O)C(C)(C)C4CC[C@@]3(C)[C@]1(C)CC2. The quantitative estimate of drug-likeness (QED) is 0.484. The lowest BCUT2D eigenvalue weighted by atomic mass is 9.34. The molecule has 8 heteroatoms. The van der Waals surface area contributed by atoms with Crippen LogP contribution in [0.5, 0.6) is 0 Å². The maximum Gasteiger partial charge on any atom is 0.312 e. The van der Waals surface area contributed by atoms with Crippen molar-refractivity contribution in [2.45, 2.75) is 93.4 Å². The molecule has 6 rings (SSSR count). The van der Waals surface area contributed by atoms with Crippen LogP contribution in [0.3, 0.4) is 0 Å². The van der Waals surface area contributed by atoms with Crippen molar-refractivity contribution in [1.82, 2.24) is 20.6 Å². The van der Waals surface area contributed by atoms with E-state index >= 15 is 0 Å². The molecule has 1 aromatic rings. The zero-order valence-corrected chi connectivity index (χ0v) is 25.3. The van der Waals surface area contributed by atoms with Crippen LogP contribution in [0, 0.1) is 50.2 Å². The molecule has 3 saturated carbocycles. The lowest BCUT2D eigenvalue weighted by Crippen LogP contribution is -2.65. The van der Waals surface area contributed by atoms with Crippen LogP contribution in [0.25, 0.3) is 5.57 Å². The Labute approximate surface area is 237 Å². The van der Waals surface area contributed by atoms with E-state index in [0.29, 0.717) is 11.4 Å². The number of aromatic nitrogens is 4. The molecular formula is C32H44N4O4. The molecule has 1 unspecified atom stereocenters. The number of H-pyrrole nitrogens is 1. The number of esters is 1. The van der Waals surface area contributed by atoms with E-state index in [1.54, 1.807) is 0 Å². The van der Waals surface area contributed by atoms with Crippen LogP contribution in [0.2, 0.25) is 0 Å². The number of hydrogen-bond donors (Lipinski definition) is 1. The molecule has 40 heavy (non-hydrogen) atoms. The topological polar surface area (TPSA) is 115 Å². The van der Waals surface area contributed by atoms with Crippen LogP contribution in [0.15, 0.2) is 17.7 Å². The monoisotopic (exact) mass is 548 g/mol. The number of aromatic amines is 1. The molecule has 1 aromatic heterocycles. The lowest BCUT2D eigenvalue weighted by molar-refractivity contribution is -0.191. The number of nitrogens with zero attached hydrogens (tertiary/aromatic N) is 3. The van der Waals surface area contributed by atoms with Gasteiger partial charge >= 0.3 is 5.97 Å². The van der Waals surface area contributed by atoms with E-state index in [1.807, 2.05) is 26.0 Å². The Morgan fingerprint density at radius 3 is 2.35 bits per heavy atom. The van der Waals surface area contributed by atoms with E-state index in [0.717, 1.165) is 50.5 Å². The van der Waals surface area contributed by atoms with Crippen LogP contribution in [0.1, 0.15) is 99.2 Å². The molecule has 0 amide bonds. The fourth-order valence-corrected chi connectivity index (χ4v) is 10.6. The average molecular weight is 549 g/mol. The molecule has 216 valence electrons. The number of hydrogen-bond acceptors (Lipinski definition) is 7. The Balaban J connectivity index is 1.54. The van der Waals surface area contributed by atoms with Gasteiger partial charge in [-0.05, 0) is 84.3 Å². The van der Waals surface area contributed by atoms with Gasteiger partial charge in [0, 0.05) is 16.7 Å². The lowest BCUT2D eigenvalue weighted by Gasteiger charge is -2.68. The molecule has 5 aliphatic rings. The van der Waals surface area contributed by atoms with Crippen molar-refractivity contribution in [3.63, 3.8) is 0 Å². The van der Waals surface area contributed by atoms with Gasteiger partial charge < -0.3 is 4.74 Å². The second-order valence-electron chi connectivity index (χ2n) is 15.5. The maximum atomic E-state index is 14.5. The highest BCUT2D eigenvalue weighted by atomic mass is 16.5. The molecule has 0 spiro atoms. The predicted octanol–water partition coefficient (Wildman–Crippen LogP) is 5.53. The van der Waals surface area contributed by atoms with E-state index in [1.165, 1.54) is 7.11 Å². The molecule has 0 aliphatic heterocycles. The summed E-state index contributed by atoms with van der Waals surface area (Å²) in [5.41, 5.74) is -0.690. The van der Waals surface area contributed by atoms with Gasteiger partial charge in [-0.3, -0.25) is 14.4 Å². The maximum absolute atomic E-state index is 14.5. The second-order valence-corrected chi connectivity index (χ2v) is 15.5. The minimum absolute atomic E-state index is 0.0248. The average Bonchev–Trinajstić information content (AvgIpc) is 3.42. The number of nitrogens with one attached hydrogen (secondary N) is 1. The molecule has 0 radical (unpaired) electrons. The van der Waals surface area contributed by atoms with Crippen molar-refractivity contribution in [2.24, 2.45) is 50.2 Å². The summed E-state index contributed by atoms with van der Waals surface area (Å²) in [6, 6.07) is 0. The van der Waals surface area contributed by atoms with Crippen LogP contribution < -0.4 is 0 Å². The van der Waals surface area contributed by atoms with Gasteiger partial charge in [0.15, 0.2) is 11.6 Å². The molecule has 5 aliphatic carbocycles. The highest BCUT2D eigenvalue weighted by Crippen LogP contribution is 2.74. The zero-order valence-electron chi connectivity index (χ0n) is 25.3. The van der Waals surface area contributed by atoms with Crippen LogP contribution in [-0.4, -0.2) is 45.3 Å². The van der Waals surface area contributed by atoms with Crippen molar-refractivity contribution >= 4 is 23.1 Å². The first kappa shape index (κ1) is 27.5. The molecular weight excluding hydrogens is 504 g/mol. The molecule has 0 aromatic carbocycles. The number of tetrazole rings is 1. The van der Waals surface area contributed by atoms with Crippen molar-refractivity contribution in [3.05, 3.63) is 23.5 Å². The summed E-state index contributed by atoms with van der Waals surface area (Å²) in [6.07, 6.45) is 9.89. The summed E-state index contributed by atoms with van der Waals surface area (Å²) in [4.78, 5) is 41.8. The number of ether oxygens (including phenoxy) is 1.